The van der Waals surface area contributed by atoms with Gasteiger partial charge in [0.25, 0.3) is 0 Å². The fourth-order valence-corrected chi connectivity index (χ4v) is 2.64. The van der Waals surface area contributed by atoms with Crippen molar-refractivity contribution < 1.29 is 9.53 Å². The second-order valence-corrected chi connectivity index (χ2v) is 5.13. The molecule has 19 heavy (non-hydrogen) atoms. The van der Waals surface area contributed by atoms with E-state index >= 15 is 0 Å². The second kappa shape index (κ2) is 7.29. The van der Waals surface area contributed by atoms with Crippen molar-refractivity contribution in [2.24, 2.45) is 5.92 Å². The molecule has 0 N–H and O–H groups in total. The van der Waals surface area contributed by atoms with Crippen LogP contribution in [-0.4, -0.2) is 37.1 Å². The summed E-state index contributed by atoms with van der Waals surface area (Å²) in [5.41, 5.74) is 1.36. The molecule has 2 rings (SSSR count). The maximum atomic E-state index is 11.8. The van der Waals surface area contributed by atoms with E-state index in [0.29, 0.717) is 6.61 Å². The van der Waals surface area contributed by atoms with Crippen LogP contribution in [-0.2, 0) is 16.0 Å². The Kier molecular flexibility index (Phi) is 5.40. The highest BCUT2D eigenvalue weighted by atomic mass is 16.5. The molecule has 1 aliphatic heterocycles. The quantitative estimate of drug-likeness (QED) is 0.763. The molecule has 0 radical (unpaired) electrons. The summed E-state index contributed by atoms with van der Waals surface area (Å²) >= 11 is 0. The molecule has 0 aliphatic carbocycles. The Balaban J connectivity index is 1.79. The number of esters is 1. The first kappa shape index (κ1) is 14.1. The third-order valence-corrected chi connectivity index (χ3v) is 3.68. The van der Waals surface area contributed by atoms with Crippen molar-refractivity contribution in [3.8, 4) is 0 Å². The fourth-order valence-electron chi connectivity index (χ4n) is 2.64. The number of hydrogen-bond acceptors (Lipinski definition) is 3. The Morgan fingerprint density at radius 2 is 2.16 bits per heavy atom. The van der Waals surface area contributed by atoms with Crippen LogP contribution in [0, 0.1) is 5.92 Å². The van der Waals surface area contributed by atoms with Crippen LogP contribution in [0.25, 0.3) is 0 Å². The SMILES string of the molecule is CCOC(=O)[C@@H]1CCCN(CCc2ccccc2)C1. The number of carbonyl (C=O) groups excluding carboxylic acids is 1. The normalized spacial score (nSPS) is 20.2. The Labute approximate surface area is 115 Å². The van der Waals surface area contributed by atoms with Crippen LogP contribution >= 0.6 is 0 Å². The topological polar surface area (TPSA) is 29.5 Å². The van der Waals surface area contributed by atoms with Crippen LogP contribution < -0.4 is 0 Å². The number of rotatable bonds is 5. The number of ether oxygens (including phenoxy) is 1. The molecular formula is C16H23NO2. The summed E-state index contributed by atoms with van der Waals surface area (Å²) in [6.45, 7) is 5.33. The van der Waals surface area contributed by atoms with Gasteiger partial charge in [-0.3, -0.25) is 4.79 Å². The lowest BCUT2D eigenvalue weighted by Crippen LogP contribution is -2.40. The van der Waals surface area contributed by atoms with Crippen molar-refractivity contribution in [2.45, 2.75) is 26.2 Å². The maximum absolute atomic E-state index is 11.8. The van der Waals surface area contributed by atoms with E-state index in [1.165, 1.54) is 5.56 Å². The van der Waals surface area contributed by atoms with E-state index in [4.69, 9.17) is 4.74 Å². The van der Waals surface area contributed by atoms with Crippen LogP contribution in [0.5, 0.6) is 0 Å². The minimum absolute atomic E-state index is 0.0214. The lowest BCUT2D eigenvalue weighted by molar-refractivity contribution is -0.149. The Morgan fingerprint density at radius 1 is 1.37 bits per heavy atom. The summed E-state index contributed by atoms with van der Waals surface area (Å²) < 4.78 is 5.13. The molecule has 3 heteroatoms. The molecule has 1 heterocycles. The standard InChI is InChI=1S/C16H23NO2/c1-2-19-16(18)15-9-6-11-17(13-15)12-10-14-7-4-3-5-8-14/h3-5,7-8,15H,2,6,9-13H2,1H3/t15-/m1/s1. The van der Waals surface area contributed by atoms with E-state index in [0.717, 1.165) is 38.9 Å². The Bertz CT molecular complexity index is 391. The summed E-state index contributed by atoms with van der Waals surface area (Å²) in [7, 11) is 0. The van der Waals surface area contributed by atoms with Crippen molar-refractivity contribution in [3.05, 3.63) is 35.9 Å². The van der Waals surface area contributed by atoms with Gasteiger partial charge < -0.3 is 9.64 Å². The number of piperidine rings is 1. The van der Waals surface area contributed by atoms with Crippen molar-refractivity contribution in [3.63, 3.8) is 0 Å². The average Bonchev–Trinajstić information content (AvgIpc) is 2.47. The molecule has 1 saturated heterocycles. The molecule has 0 bridgehead atoms. The van der Waals surface area contributed by atoms with Crippen LogP contribution in [0.3, 0.4) is 0 Å². The van der Waals surface area contributed by atoms with Gasteiger partial charge in [-0.05, 0) is 38.3 Å². The van der Waals surface area contributed by atoms with Gasteiger partial charge in [0, 0.05) is 13.1 Å². The maximum Gasteiger partial charge on any atom is 0.310 e. The van der Waals surface area contributed by atoms with Crippen molar-refractivity contribution in [1.82, 2.24) is 4.90 Å². The number of benzene rings is 1. The van der Waals surface area contributed by atoms with E-state index < -0.39 is 0 Å². The van der Waals surface area contributed by atoms with Gasteiger partial charge in [0.15, 0.2) is 0 Å². The smallest absolute Gasteiger partial charge is 0.310 e. The minimum atomic E-state index is -0.0214. The van der Waals surface area contributed by atoms with Gasteiger partial charge in [-0.1, -0.05) is 30.3 Å². The van der Waals surface area contributed by atoms with Gasteiger partial charge in [0.1, 0.15) is 0 Å². The molecule has 1 aliphatic rings. The van der Waals surface area contributed by atoms with Crippen molar-refractivity contribution in [1.29, 1.82) is 0 Å². The number of nitrogens with zero attached hydrogens (tertiary/aromatic N) is 1. The monoisotopic (exact) mass is 261 g/mol. The summed E-state index contributed by atoms with van der Waals surface area (Å²) in [6, 6.07) is 10.5. The first-order chi connectivity index (χ1) is 9.29. The van der Waals surface area contributed by atoms with Crippen LogP contribution in [0.1, 0.15) is 25.3 Å². The van der Waals surface area contributed by atoms with Crippen LogP contribution in [0.15, 0.2) is 30.3 Å². The fraction of sp³-hybridized carbons (Fsp3) is 0.562. The highest BCUT2D eigenvalue weighted by Gasteiger charge is 2.26. The molecule has 0 unspecified atom stereocenters. The summed E-state index contributed by atoms with van der Waals surface area (Å²) in [6.07, 6.45) is 3.12. The first-order valence-electron chi connectivity index (χ1n) is 7.22. The van der Waals surface area contributed by atoms with Gasteiger partial charge in [0.05, 0.1) is 12.5 Å². The molecule has 1 aromatic carbocycles. The lowest BCUT2D eigenvalue weighted by Gasteiger charge is -2.31. The predicted octanol–water partition coefficient (Wildman–Crippen LogP) is 2.50. The second-order valence-electron chi connectivity index (χ2n) is 5.13. The molecule has 1 aromatic rings. The molecule has 0 aromatic heterocycles. The summed E-state index contributed by atoms with van der Waals surface area (Å²) in [5.74, 6) is 0.0522. The zero-order valence-corrected chi connectivity index (χ0v) is 11.7. The Morgan fingerprint density at radius 3 is 2.89 bits per heavy atom. The minimum Gasteiger partial charge on any atom is -0.466 e. The van der Waals surface area contributed by atoms with E-state index in [1.54, 1.807) is 0 Å². The number of hydrogen-bond donors (Lipinski definition) is 0. The van der Waals surface area contributed by atoms with Gasteiger partial charge >= 0.3 is 5.97 Å². The lowest BCUT2D eigenvalue weighted by atomic mass is 9.98. The van der Waals surface area contributed by atoms with Crippen LogP contribution in [0.4, 0.5) is 0 Å². The number of carbonyl (C=O) groups is 1. The molecule has 0 amide bonds. The van der Waals surface area contributed by atoms with Crippen LogP contribution in [0.2, 0.25) is 0 Å². The highest BCUT2D eigenvalue weighted by Crippen LogP contribution is 2.18. The molecular weight excluding hydrogens is 238 g/mol. The zero-order valence-electron chi connectivity index (χ0n) is 11.7. The largest absolute Gasteiger partial charge is 0.466 e. The summed E-state index contributed by atoms with van der Waals surface area (Å²) in [5, 5.41) is 0. The highest BCUT2D eigenvalue weighted by molar-refractivity contribution is 5.72. The molecule has 0 saturated carbocycles. The summed E-state index contributed by atoms with van der Waals surface area (Å²) in [4.78, 5) is 14.2. The predicted molar refractivity (Wildman–Crippen MR) is 75.9 cm³/mol. The average molecular weight is 261 g/mol. The third-order valence-electron chi connectivity index (χ3n) is 3.68. The zero-order chi connectivity index (χ0) is 13.5. The van der Waals surface area contributed by atoms with Gasteiger partial charge in [0.2, 0.25) is 0 Å². The van der Waals surface area contributed by atoms with E-state index in [9.17, 15) is 4.79 Å². The van der Waals surface area contributed by atoms with Gasteiger partial charge in [-0.15, -0.1) is 0 Å². The number of likely N-dealkylation sites (tertiary alicyclic amines) is 1. The molecule has 3 nitrogen and oxygen atoms in total. The van der Waals surface area contributed by atoms with E-state index in [-0.39, 0.29) is 11.9 Å². The van der Waals surface area contributed by atoms with E-state index in [2.05, 4.69) is 29.2 Å². The molecule has 104 valence electrons. The van der Waals surface area contributed by atoms with Gasteiger partial charge in [-0.2, -0.15) is 0 Å². The first-order valence-corrected chi connectivity index (χ1v) is 7.22. The van der Waals surface area contributed by atoms with Crippen molar-refractivity contribution in [2.75, 3.05) is 26.2 Å². The van der Waals surface area contributed by atoms with Crippen molar-refractivity contribution >= 4 is 5.97 Å². The van der Waals surface area contributed by atoms with Gasteiger partial charge in [-0.25, -0.2) is 0 Å². The van der Waals surface area contributed by atoms with E-state index in [1.807, 2.05) is 13.0 Å². The molecule has 1 atom stereocenters. The third kappa shape index (κ3) is 4.35. The molecule has 0 spiro atoms. The Hall–Kier alpha value is -1.35. The molecule has 1 fully saturated rings.